The summed E-state index contributed by atoms with van der Waals surface area (Å²) in [7, 11) is 1.55. The molecule has 2 aromatic rings. The van der Waals surface area contributed by atoms with Gasteiger partial charge in [0.2, 0.25) is 5.91 Å². The Morgan fingerprint density at radius 3 is 2.69 bits per heavy atom. The first kappa shape index (κ1) is 21.1. The number of ether oxygens (including phenoxy) is 2. The lowest BCUT2D eigenvalue weighted by molar-refractivity contribution is -0.130. The summed E-state index contributed by atoms with van der Waals surface area (Å²) in [5, 5.41) is 10.6. The molecule has 1 saturated heterocycles. The van der Waals surface area contributed by atoms with Crippen molar-refractivity contribution in [2.24, 2.45) is 5.92 Å². The minimum atomic E-state index is -0.650. The number of benzene rings is 2. The molecule has 7 nitrogen and oxygen atoms in total. The van der Waals surface area contributed by atoms with Crippen LogP contribution >= 0.6 is 0 Å². The van der Waals surface area contributed by atoms with Gasteiger partial charge in [-0.1, -0.05) is 50.2 Å². The van der Waals surface area contributed by atoms with E-state index in [1.165, 1.54) is 0 Å². The summed E-state index contributed by atoms with van der Waals surface area (Å²) in [4.78, 5) is 25.5. The summed E-state index contributed by atoms with van der Waals surface area (Å²) >= 11 is 0. The third kappa shape index (κ3) is 5.46. The lowest BCUT2D eigenvalue weighted by atomic mass is 10.0. The van der Waals surface area contributed by atoms with Gasteiger partial charge in [0.25, 0.3) is 0 Å². The topological polar surface area (TPSA) is 88.7 Å². The Morgan fingerprint density at radius 2 is 1.93 bits per heavy atom. The van der Waals surface area contributed by atoms with Crippen molar-refractivity contribution in [3.8, 4) is 0 Å². The van der Waals surface area contributed by atoms with Crippen LogP contribution in [0.15, 0.2) is 42.5 Å². The van der Waals surface area contributed by atoms with Crippen LogP contribution in [0.3, 0.4) is 0 Å². The maximum Gasteiger partial charge on any atom is 0.319 e. The molecular weight excluding hydrogens is 370 g/mol. The van der Waals surface area contributed by atoms with E-state index in [1.807, 2.05) is 56.3 Å². The lowest BCUT2D eigenvalue weighted by Gasteiger charge is -2.24. The molecule has 156 valence electrons. The Morgan fingerprint density at radius 1 is 1.17 bits per heavy atom. The van der Waals surface area contributed by atoms with Gasteiger partial charge in [0.1, 0.15) is 6.04 Å². The molecule has 1 fully saturated rings. The zero-order chi connectivity index (χ0) is 20.8. The molecule has 1 aliphatic rings. The van der Waals surface area contributed by atoms with Crippen LogP contribution in [-0.2, 0) is 14.3 Å². The summed E-state index contributed by atoms with van der Waals surface area (Å²) in [5.41, 5.74) is 0.702. The van der Waals surface area contributed by atoms with Crippen LogP contribution in [0.4, 0.5) is 10.5 Å². The van der Waals surface area contributed by atoms with Gasteiger partial charge in [0.05, 0.1) is 18.3 Å². The molecule has 3 amide bonds. The Labute approximate surface area is 171 Å². The lowest BCUT2D eigenvalue weighted by Crippen LogP contribution is -2.52. The Balaban J connectivity index is 1.67. The van der Waals surface area contributed by atoms with Crippen molar-refractivity contribution >= 4 is 28.4 Å². The average Bonchev–Trinajstić information content (AvgIpc) is 3.14. The highest BCUT2D eigenvalue weighted by atomic mass is 16.7. The number of carbonyl (C=O) groups is 2. The number of fused-ring (bicyclic) bond motifs is 1. The molecule has 3 atom stereocenters. The minimum Gasteiger partial charge on any atom is -0.354 e. The summed E-state index contributed by atoms with van der Waals surface area (Å²) in [6.07, 6.45) is 0.754. The standard InChI is InChI=1S/C22H29N3O4/c1-14(2)13-19(20(26)23-18-11-12-29-21(18)28-3)25-22(27)24-17-10-6-8-15-7-4-5-9-16(15)17/h4-10,14,18-19,21H,11-13H2,1-3H3,(H,23,26)(H2,24,25,27)/t18-,19-,21?/m0/s1. The van der Waals surface area contributed by atoms with Crippen molar-refractivity contribution in [1.29, 1.82) is 0 Å². The maximum atomic E-state index is 12.8. The molecule has 2 aromatic carbocycles. The third-order valence-corrected chi connectivity index (χ3v) is 4.97. The smallest absolute Gasteiger partial charge is 0.319 e. The molecule has 0 aliphatic carbocycles. The molecule has 1 aliphatic heterocycles. The monoisotopic (exact) mass is 399 g/mol. The van der Waals surface area contributed by atoms with Crippen LogP contribution in [0.2, 0.25) is 0 Å². The number of rotatable bonds is 7. The van der Waals surface area contributed by atoms with Gasteiger partial charge in [-0.3, -0.25) is 4.79 Å². The maximum absolute atomic E-state index is 12.8. The number of urea groups is 1. The number of anilines is 1. The Hall–Kier alpha value is -2.64. The summed E-state index contributed by atoms with van der Waals surface area (Å²) in [5.74, 6) is 0.00553. The van der Waals surface area contributed by atoms with Crippen molar-refractivity contribution in [3.05, 3.63) is 42.5 Å². The molecule has 7 heteroatoms. The molecule has 0 saturated carbocycles. The third-order valence-electron chi connectivity index (χ3n) is 4.97. The molecule has 3 N–H and O–H groups in total. The Bertz CT molecular complexity index is 850. The minimum absolute atomic E-state index is 0.218. The normalized spacial score (nSPS) is 19.9. The van der Waals surface area contributed by atoms with Crippen LogP contribution in [0.5, 0.6) is 0 Å². The van der Waals surface area contributed by atoms with E-state index in [2.05, 4.69) is 16.0 Å². The highest BCUT2D eigenvalue weighted by Gasteiger charge is 2.32. The van der Waals surface area contributed by atoms with E-state index in [-0.39, 0.29) is 17.9 Å². The first-order valence-electron chi connectivity index (χ1n) is 9.98. The number of carbonyl (C=O) groups excluding carboxylic acids is 2. The predicted molar refractivity (Wildman–Crippen MR) is 113 cm³/mol. The van der Waals surface area contributed by atoms with E-state index in [1.54, 1.807) is 7.11 Å². The zero-order valence-corrected chi connectivity index (χ0v) is 17.1. The van der Waals surface area contributed by atoms with Gasteiger partial charge in [-0.25, -0.2) is 4.79 Å². The first-order chi connectivity index (χ1) is 14.0. The van der Waals surface area contributed by atoms with Crippen LogP contribution in [0.1, 0.15) is 26.7 Å². The van der Waals surface area contributed by atoms with E-state index in [9.17, 15) is 9.59 Å². The second kappa shape index (κ2) is 9.71. The Kier molecular flexibility index (Phi) is 7.06. The molecule has 0 radical (unpaired) electrons. The van der Waals surface area contributed by atoms with Gasteiger partial charge in [0, 0.05) is 12.5 Å². The number of hydrogen-bond donors (Lipinski definition) is 3. The molecule has 1 heterocycles. The fourth-order valence-corrected chi connectivity index (χ4v) is 3.57. The van der Waals surface area contributed by atoms with Crippen LogP contribution < -0.4 is 16.0 Å². The van der Waals surface area contributed by atoms with E-state index >= 15 is 0 Å². The molecule has 0 aromatic heterocycles. The summed E-state index contributed by atoms with van der Waals surface area (Å²) in [6, 6.07) is 12.3. The quantitative estimate of drug-likeness (QED) is 0.667. The first-order valence-corrected chi connectivity index (χ1v) is 9.98. The number of hydrogen-bond acceptors (Lipinski definition) is 4. The van der Waals surface area contributed by atoms with Crippen LogP contribution in [0, 0.1) is 5.92 Å². The van der Waals surface area contributed by atoms with Gasteiger partial charge in [0.15, 0.2) is 6.29 Å². The second-order valence-corrected chi connectivity index (χ2v) is 7.69. The highest BCUT2D eigenvalue weighted by molar-refractivity contribution is 6.02. The molecule has 3 rings (SSSR count). The van der Waals surface area contributed by atoms with Gasteiger partial charge in [-0.05, 0) is 30.2 Å². The average molecular weight is 399 g/mol. The van der Waals surface area contributed by atoms with Gasteiger partial charge in [-0.15, -0.1) is 0 Å². The van der Waals surface area contributed by atoms with Crippen LogP contribution in [0.25, 0.3) is 10.8 Å². The number of nitrogens with one attached hydrogen (secondary N) is 3. The molecular formula is C22H29N3O4. The molecule has 0 spiro atoms. The SMILES string of the molecule is COC1OCC[C@@H]1NC(=O)[C@H](CC(C)C)NC(=O)Nc1cccc2ccccc12. The predicted octanol–water partition coefficient (Wildman–Crippen LogP) is 3.25. The van der Waals surface area contributed by atoms with Crippen LogP contribution in [-0.4, -0.2) is 44.0 Å². The molecule has 0 bridgehead atoms. The summed E-state index contributed by atoms with van der Waals surface area (Å²) in [6.45, 7) is 4.57. The van der Waals surface area contributed by atoms with E-state index < -0.39 is 18.4 Å². The highest BCUT2D eigenvalue weighted by Crippen LogP contribution is 2.23. The zero-order valence-electron chi connectivity index (χ0n) is 17.1. The van der Waals surface area contributed by atoms with Crippen molar-refractivity contribution < 1.29 is 19.1 Å². The number of methoxy groups -OCH3 is 1. The van der Waals surface area contributed by atoms with E-state index in [0.29, 0.717) is 25.1 Å². The van der Waals surface area contributed by atoms with Crippen molar-refractivity contribution in [1.82, 2.24) is 10.6 Å². The van der Waals surface area contributed by atoms with Crippen molar-refractivity contribution in [2.45, 2.75) is 45.1 Å². The summed E-state index contributed by atoms with van der Waals surface area (Å²) < 4.78 is 10.7. The van der Waals surface area contributed by atoms with E-state index in [4.69, 9.17) is 9.47 Å². The fraction of sp³-hybridized carbons (Fsp3) is 0.455. The van der Waals surface area contributed by atoms with Crippen molar-refractivity contribution in [2.75, 3.05) is 19.0 Å². The fourth-order valence-electron chi connectivity index (χ4n) is 3.57. The van der Waals surface area contributed by atoms with E-state index in [0.717, 1.165) is 10.8 Å². The number of amides is 3. The second-order valence-electron chi connectivity index (χ2n) is 7.69. The van der Waals surface area contributed by atoms with Crippen molar-refractivity contribution in [3.63, 3.8) is 0 Å². The molecule has 29 heavy (non-hydrogen) atoms. The van der Waals surface area contributed by atoms with Gasteiger partial charge < -0.3 is 25.4 Å². The van der Waals surface area contributed by atoms with Gasteiger partial charge >= 0.3 is 6.03 Å². The molecule has 1 unspecified atom stereocenters. The van der Waals surface area contributed by atoms with Gasteiger partial charge in [-0.2, -0.15) is 0 Å². The largest absolute Gasteiger partial charge is 0.354 e.